The van der Waals surface area contributed by atoms with Gasteiger partial charge < -0.3 is 15.5 Å². The molecule has 0 unspecified atom stereocenters. The second-order valence-electron chi connectivity index (χ2n) is 4.89. The minimum Gasteiger partial charge on any atom is -0.504 e. The van der Waals surface area contributed by atoms with Crippen molar-refractivity contribution in [2.24, 2.45) is 0 Å². The zero-order valence-corrected chi connectivity index (χ0v) is 13.9. The van der Waals surface area contributed by atoms with Gasteiger partial charge >= 0.3 is 5.97 Å². The van der Waals surface area contributed by atoms with E-state index in [9.17, 15) is 19.1 Å². The van der Waals surface area contributed by atoms with Gasteiger partial charge in [0.25, 0.3) is 5.91 Å². The predicted octanol–water partition coefficient (Wildman–Crippen LogP) is 2.67. The molecule has 10 heteroatoms. The molecule has 25 heavy (non-hydrogen) atoms. The highest BCUT2D eigenvalue weighted by Gasteiger charge is 2.19. The summed E-state index contributed by atoms with van der Waals surface area (Å²) in [5.41, 5.74) is 0.581. The third kappa shape index (κ3) is 3.37. The number of rotatable bonds is 4. The molecule has 2 heterocycles. The number of nitrogens with zero attached hydrogens (tertiary/aromatic N) is 2. The molecule has 0 atom stereocenters. The van der Waals surface area contributed by atoms with Gasteiger partial charge in [0.15, 0.2) is 11.4 Å². The number of carbonyl (C=O) groups is 2. The van der Waals surface area contributed by atoms with Gasteiger partial charge in [-0.2, -0.15) is 0 Å². The van der Waals surface area contributed by atoms with Gasteiger partial charge in [0, 0.05) is 5.56 Å². The summed E-state index contributed by atoms with van der Waals surface area (Å²) < 4.78 is 13.6. The summed E-state index contributed by atoms with van der Waals surface area (Å²) in [7, 11) is 0. The van der Waals surface area contributed by atoms with Gasteiger partial charge in [-0.15, -0.1) is 11.3 Å². The first kappa shape index (κ1) is 17.1. The summed E-state index contributed by atoms with van der Waals surface area (Å²) in [5.74, 6) is -3.01. The molecule has 0 saturated heterocycles. The maximum Gasteiger partial charge on any atom is 0.322 e. The van der Waals surface area contributed by atoms with Gasteiger partial charge in [0.1, 0.15) is 27.6 Å². The molecule has 3 N–H and O–H groups in total. The van der Waals surface area contributed by atoms with Crippen LogP contribution in [0.5, 0.6) is 5.75 Å². The van der Waals surface area contributed by atoms with Crippen molar-refractivity contribution in [3.8, 4) is 16.3 Å². The number of carboxylic acid groups (broad SMARTS) is 1. The molecule has 0 spiro atoms. The smallest absolute Gasteiger partial charge is 0.322 e. The normalized spacial score (nSPS) is 10.8. The van der Waals surface area contributed by atoms with Gasteiger partial charge in [-0.25, -0.2) is 14.4 Å². The summed E-state index contributed by atoms with van der Waals surface area (Å²) in [6, 6.07) is 4.09. The van der Waals surface area contributed by atoms with Crippen LogP contribution in [-0.2, 0) is 4.79 Å². The monoisotopic (exact) mass is 381 g/mol. The summed E-state index contributed by atoms with van der Waals surface area (Å²) in [5, 5.41) is 21.3. The Morgan fingerprint density at radius 2 is 2.12 bits per heavy atom. The molecule has 0 aliphatic carbocycles. The molecule has 0 aliphatic heterocycles. The van der Waals surface area contributed by atoms with E-state index in [2.05, 4.69) is 15.3 Å². The average molecular weight is 382 g/mol. The summed E-state index contributed by atoms with van der Waals surface area (Å²) >= 11 is 6.83. The third-order valence-corrected chi connectivity index (χ3v) is 4.61. The highest BCUT2D eigenvalue weighted by Crippen LogP contribution is 2.37. The van der Waals surface area contributed by atoms with Crippen LogP contribution >= 0.6 is 22.9 Å². The number of hydrogen-bond acceptors (Lipinski definition) is 6. The van der Waals surface area contributed by atoms with Crippen molar-refractivity contribution >= 4 is 45.0 Å². The van der Waals surface area contributed by atoms with Crippen molar-refractivity contribution in [1.82, 2.24) is 15.3 Å². The van der Waals surface area contributed by atoms with Crippen LogP contribution in [0.4, 0.5) is 4.39 Å². The molecule has 0 radical (unpaired) electrons. The Morgan fingerprint density at radius 1 is 1.36 bits per heavy atom. The zero-order chi connectivity index (χ0) is 18.1. The van der Waals surface area contributed by atoms with Gasteiger partial charge in [-0.3, -0.25) is 9.59 Å². The van der Waals surface area contributed by atoms with Crippen molar-refractivity contribution in [2.75, 3.05) is 6.54 Å². The number of fused-ring (bicyclic) bond motifs is 1. The molecule has 3 aromatic rings. The van der Waals surface area contributed by atoms with Crippen molar-refractivity contribution in [1.29, 1.82) is 0 Å². The van der Waals surface area contributed by atoms with Crippen LogP contribution < -0.4 is 5.32 Å². The topological polar surface area (TPSA) is 112 Å². The van der Waals surface area contributed by atoms with Crippen LogP contribution in [0.1, 0.15) is 10.5 Å². The fraction of sp³-hybridized carbons (Fsp3) is 0.0667. The molecular weight excluding hydrogens is 373 g/mol. The fourth-order valence-electron chi connectivity index (χ4n) is 2.04. The molecule has 7 nitrogen and oxygen atoms in total. The SMILES string of the molecule is O=C(O)CNC(=O)c1ncc2nc(-c3ccc(F)c(Cl)c3)sc2c1O. The fourth-order valence-corrected chi connectivity index (χ4v) is 3.20. The number of carbonyl (C=O) groups excluding carboxylic acids is 1. The molecular formula is C15H9ClFN3O4S. The number of hydrogen-bond donors (Lipinski definition) is 3. The van der Waals surface area contributed by atoms with Crippen molar-refractivity contribution in [3.05, 3.63) is 40.9 Å². The molecule has 1 aromatic carbocycles. The first-order chi connectivity index (χ1) is 11.9. The lowest BCUT2D eigenvalue weighted by Gasteiger charge is -2.03. The lowest BCUT2D eigenvalue weighted by molar-refractivity contribution is -0.135. The van der Waals surface area contributed by atoms with Gasteiger partial charge in [-0.05, 0) is 18.2 Å². The number of halogens is 2. The summed E-state index contributed by atoms with van der Waals surface area (Å²) in [6.07, 6.45) is 1.29. The Kier molecular flexibility index (Phi) is 4.51. The molecule has 0 aliphatic rings. The van der Waals surface area contributed by atoms with E-state index in [0.29, 0.717) is 20.8 Å². The minimum absolute atomic E-state index is 0.0622. The maximum absolute atomic E-state index is 13.3. The number of aromatic nitrogens is 2. The number of aromatic hydroxyl groups is 1. The number of pyridine rings is 1. The van der Waals surface area contributed by atoms with Gasteiger partial charge in [-0.1, -0.05) is 11.6 Å². The van der Waals surface area contributed by atoms with E-state index in [4.69, 9.17) is 16.7 Å². The van der Waals surface area contributed by atoms with Crippen LogP contribution in [-0.4, -0.2) is 38.6 Å². The Labute approximate surface area is 148 Å². The van der Waals surface area contributed by atoms with Crippen molar-refractivity contribution < 1.29 is 24.2 Å². The molecule has 0 fully saturated rings. The highest BCUT2D eigenvalue weighted by atomic mass is 35.5. The lowest BCUT2D eigenvalue weighted by atomic mass is 10.2. The van der Waals surface area contributed by atoms with Gasteiger partial charge in [0.2, 0.25) is 0 Å². The molecule has 128 valence electrons. The highest BCUT2D eigenvalue weighted by molar-refractivity contribution is 7.22. The Hall–Kier alpha value is -2.78. The quantitative estimate of drug-likeness (QED) is 0.640. The van der Waals surface area contributed by atoms with E-state index in [1.807, 2.05) is 0 Å². The summed E-state index contributed by atoms with van der Waals surface area (Å²) in [6.45, 7) is -0.597. The average Bonchev–Trinajstić information content (AvgIpc) is 3.00. The zero-order valence-electron chi connectivity index (χ0n) is 12.3. The van der Waals surface area contributed by atoms with E-state index < -0.39 is 30.0 Å². The van der Waals surface area contributed by atoms with Crippen LogP contribution in [0.15, 0.2) is 24.4 Å². The Balaban J connectivity index is 2.00. The van der Waals surface area contributed by atoms with Crippen LogP contribution in [0.3, 0.4) is 0 Å². The van der Waals surface area contributed by atoms with Crippen LogP contribution in [0.25, 0.3) is 20.8 Å². The Bertz CT molecular complexity index is 1010. The van der Waals surface area contributed by atoms with Gasteiger partial charge in [0.05, 0.1) is 11.2 Å². The molecule has 0 bridgehead atoms. The number of benzene rings is 1. The molecule has 1 amide bonds. The van der Waals surface area contributed by atoms with E-state index in [0.717, 1.165) is 11.3 Å². The van der Waals surface area contributed by atoms with E-state index >= 15 is 0 Å². The predicted molar refractivity (Wildman–Crippen MR) is 89.5 cm³/mol. The van der Waals surface area contributed by atoms with E-state index in [-0.39, 0.29) is 10.7 Å². The van der Waals surface area contributed by atoms with Crippen LogP contribution in [0, 0.1) is 5.82 Å². The molecule has 3 rings (SSSR count). The number of amides is 1. The Morgan fingerprint density at radius 3 is 2.80 bits per heavy atom. The van der Waals surface area contributed by atoms with E-state index in [1.54, 1.807) is 0 Å². The second kappa shape index (κ2) is 6.61. The number of carboxylic acids is 1. The second-order valence-corrected chi connectivity index (χ2v) is 6.30. The maximum atomic E-state index is 13.3. The molecule has 2 aromatic heterocycles. The minimum atomic E-state index is -1.22. The van der Waals surface area contributed by atoms with Crippen molar-refractivity contribution in [3.63, 3.8) is 0 Å². The first-order valence-corrected chi connectivity index (χ1v) is 8.00. The van der Waals surface area contributed by atoms with Crippen LogP contribution in [0.2, 0.25) is 5.02 Å². The lowest BCUT2D eigenvalue weighted by Crippen LogP contribution is -2.29. The first-order valence-electron chi connectivity index (χ1n) is 6.80. The largest absolute Gasteiger partial charge is 0.504 e. The number of aliphatic carboxylic acids is 1. The standard InChI is InChI=1S/C15H9ClFN3O4S/c16-7-3-6(1-2-8(7)17)15-20-9-4-18-11(12(23)13(9)25-15)14(24)19-5-10(21)22/h1-4,23H,5H2,(H,19,24)(H,21,22). The van der Waals surface area contributed by atoms with E-state index in [1.165, 1.54) is 24.4 Å². The molecule has 0 saturated carbocycles. The number of nitrogens with one attached hydrogen (secondary N) is 1. The summed E-state index contributed by atoms with van der Waals surface area (Å²) in [4.78, 5) is 30.5. The van der Waals surface area contributed by atoms with Crippen molar-refractivity contribution in [2.45, 2.75) is 0 Å². The third-order valence-electron chi connectivity index (χ3n) is 3.19. The number of thiazole rings is 1.